The molecule has 1 aliphatic heterocycles. The number of hydrogen-bond acceptors (Lipinski definition) is 3. The van der Waals surface area contributed by atoms with Crippen LogP contribution in [0.3, 0.4) is 0 Å². The van der Waals surface area contributed by atoms with Crippen LogP contribution in [0.15, 0.2) is 35.7 Å². The van der Waals surface area contributed by atoms with Gasteiger partial charge in [0, 0.05) is 16.5 Å². The summed E-state index contributed by atoms with van der Waals surface area (Å²) in [7, 11) is 2.05. The van der Waals surface area contributed by atoms with Crippen LogP contribution in [0.4, 0.5) is 0 Å². The van der Waals surface area contributed by atoms with Crippen molar-refractivity contribution in [2.24, 2.45) is 0 Å². The molecule has 1 aromatic heterocycles. The largest absolute Gasteiger partial charge is 0.493 e. The van der Waals surface area contributed by atoms with Gasteiger partial charge in [-0.05, 0) is 56.2 Å². The lowest BCUT2D eigenvalue weighted by Gasteiger charge is -2.25. The van der Waals surface area contributed by atoms with Crippen LogP contribution in [0.5, 0.6) is 5.75 Å². The summed E-state index contributed by atoms with van der Waals surface area (Å²) in [6.45, 7) is 0.857. The van der Waals surface area contributed by atoms with Crippen molar-refractivity contribution in [3.8, 4) is 5.75 Å². The van der Waals surface area contributed by atoms with E-state index >= 15 is 0 Å². The van der Waals surface area contributed by atoms with Gasteiger partial charge in [0.25, 0.3) is 0 Å². The van der Waals surface area contributed by atoms with Crippen LogP contribution in [-0.4, -0.2) is 13.7 Å². The van der Waals surface area contributed by atoms with Crippen LogP contribution in [0.2, 0.25) is 0 Å². The van der Waals surface area contributed by atoms with E-state index in [0.717, 1.165) is 31.6 Å². The van der Waals surface area contributed by atoms with E-state index in [-0.39, 0.29) is 0 Å². The second-order valence-electron chi connectivity index (χ2n) is 5.60. The first-order chi connectivity index (χ1) is 10.4. The van der Waals surface area contributed by atoms with Crippen LogP contribution in [0.25, 0.3) is 0 Å². The molecule has 0 radical (unpaired) electrons. The summed E-state index contributed by atoms with van der Waals surface area (Å²) in [5, 5.41) is 5.63. The van der Waals surface area contributed by atoms with Gasteiger partial charge in [0.15, 0.2) is 0 Å². The molecule has 0 spiro atoms. The molecule has 0 aliphatic carbocycles. The molecule has 0 saturated carbocycles. The zero-order valence-corrected chi connectivity index (χ0v) is 13.4. The Morgan fingerprint density at radius 3 is 3.05 bits per heavy atom. The number of ether oxygens (including phenoxy) is 1. The fourth-order valence-corrected chi connectivity index (χ4v) is 3.83. The minimum absolute atomic E-state index is 0.387. The van der Waals surface area contributed by atoms with E-state index in [1.807, 2.05) is 11.3 Å². The lowest BCUT2D eigenvalue weighted by atomic mass is 9.95. The highest BCUT2D eigenvalue weighted by Gasteiger charge is 2.19. The quantitative estimate of drug-likeness (QED) is 0.856. The molecule has 0 amide bonds. The topological polar surface area (TPSA) is 21.3 Å². The van der Waals surface area contributed by atoms with E-state index in [1.54, 1.807) is 0 Å². The van der Waals surface area contributed by atoms with Gasteiger partial charge in [-0.15, -0.1) is 11.3 Å². The molecule has 3 heteroatoms. The van der Waals surface area contributed by atoms with Crippen LogP contribution in [0.1, 0.15) is 41.3 Å². The molecule has 2 heterocycles. The average Bonchev–Trinajstić information content (AvgIpc) is 3.05. The first-order valence-corrected chi connectivity index (χ1v) is 8.70. The Bertz CT molecular complexity index is 565. The van der Waals surface area contributed by atoms with Gasteiger partial charge < -0.3 is 10.1 Å². The molecule has 0 saturated heterocycles. The Balaban J connectivity index is 1.68. The van der Waals surface area contributed by atoms with Crippen molar-refractivity contribution in [3.63, 3.8) is 0 Å². The third-order valence-electron chi connectivity index (χ3n) is 4.18. The summed E-state index contributed by atoms with van der Waals surface area (Å²) in [5.74, 6) is 1.14. The zero-order valence-electron chi connectivity index (χ0n) is 12.6. The highest BCUT2D eigenvalue weighted by molar-refractivity contribution is 7.09. The molecule has 2 aromatic rings. The monoisotopic (exact) mass is 301 g/mol. The normalized spacial score (nSPS) is 15.3. The van der Waals surface area contributed by atoms with E-state index in [0.29, 0.717) is 6.04 Å². The van der Waals surface area contributed by atoms with Crippen molar-refractivity contribution in [1.82, 2.24) is 5.32 Å². The van der Waals surface area contributed by atoms with Crippen molar-refractivity contribution in [3.05, 3.63) is 51.7 Å². The maximum absolute atomic E-state index is 5.95. The van der Waals surface area contributed by atoms with Crippen molar-refractivity contribution >= 4 is 11.3 Å². The van der Waals surface area contributed by atoms with E-state index in [1.165, 1.54) is 28.8 Å². The fourth-order valence-electron chi connectivity index (χ4n) is 3.08. The highest BCUT2D eigenvalue weighted by Crippen LogP contribution is 2.34. The summed E-state index contributed by atoms with van der Waals surface area (Å²) in [5.41, 5.74) is 2.71. The first-order valence-electron chi connectivity index (χ1n) is 7.82. The van der Waals surface area contributed by atoms with Crippen molar-refractivity contribution < 1.29 is 4.74 Å². The molecule has 1 N–H and O–H groups in total. The molecule has 112 valence electrons. The van der Waals surface area contributed by atoms with E-state index in [2.05, 4.69) is 48.1 Å². The molecule has 3 rings (SSSR count). The minimum atomic E-state index is 0.387. The van der Waals surface area contributed by atoms with Crippen LogP contribution < -0.4 is 10.1 Å². The molecule has 1 aliphatic rings. The number of thiophene rings is 1. The Kier molecular flexibility index (Phi) is 4.94. The number of benzene rings is 1. The van der Waals surface area contributed by atoms with Gasteiger partial charge in [0.1, 0.15) is 5.75 Å². The number of fused-ring (bicyclic) bond motifs is 1. The number of nitrogens with one attached hydrogen (secondary N) is 1. The Labute approximate surface area is 131 Å². The molecular formula is C18H23NOS. The lowest BCUT2D eigenvalue weighted by Crippen LogP contribution is -2.20. The van der Waals surface area contributed by atoms with Crippen LogP contribution >= 0.6 is 11.3 Å². The molecular weight excluding hydrogens is 278 g/mol. The second kappa shape index (κ2) is 7.10. The third kappa shape index (κ3) is 3.47. The Morgan fingerprint density at radius 2 is 2.24 bits per heavy atom. The maximum atomic E-state index is 5.95. The fraction of sp³-hybridized carbons (Fsp3) is 0.444. The van der Waals surface area contributed by atoms with Crippen LogP contribution in [-0.2, 0) is 12.8 Å². The highest BCUT2D eigenvalue weighted by atomic mass is 32.1. The summed E-state index contributed by atoms with van der Waals surface area (Å²) < 4.78 is 5.95. The zero-order chi connectivity index (χ0) is 14.5. The number of aryl methyl sites for hydroxylation is 2. The van der Waals surface area contributed by atoms with Gasteiger partial charge in [0.05, 0.1) is 6.61 Å². The molecule has 0 bridgehead atoms. The number of rotatable bonds is 6. The molecule has 1 unspecified atom stereocenters. The molecule has 21 heavy (non-hydrogen) atoms. The van der Waals surface area contributed by atoms with Gasteiger partial charge in [-0.2, -0.15) is 0 Å². The second-order valence-corrected chi connectivity index (χ2v) is 6.63. The van der Waals surface area contributed by atoms with Gasteiger partial charge in [-0.3, -0.25) is 0 Å². The predicted molar refractivity (Wildman–Crippen MR) is 89.3 cm³/mol. The van der Waals surface area contributed by atoms with Gasteiger partial charge >= 0.3 is 0 Å². The van der Waals surface area contributed by atoms with Gasteiger partial charge in [-0.25, -0.2) is 0 Å². The summed E-state index contributed by atoms with van der Waals surface area (Å²) >= 11 is 1.86. The standard InChI is InChI=1S/C18H23NOS/c1-19-17(11-3-8-15-9-5-13-21-15)16-10-2-6-14-7-4-12-20-18(14)16/h2,5-6,9-10,13,17,19H,3-4,7-8,11-12H2,1H3. The van der Waals surface area contributed by atoms with E-state index in [4.69, 9.17) is 4.74 Å². The Hall–Kier alpha value is -1.32. The van der Waals surface area contributed by atoms with Crippen molar-refractivity contribution in [2.75, 3.05) is 13.7 Å². The first kappa shape index (κ1) is 14.6. The lowest BCUT2D eigenvalue weighted by molar-refractivity contribution is 0.281. The van der Waals surface area contributed by atoms with E-state index in [9.17, 15) is 0 Å². The number of hydrogen-bond donors (Lipinski definition) is 1. The SMILES string of the molecule is CNC(CCCc1cccs1)c1cccc2c1OCCC2. The number of para-hydroxylation sites is 1. The molecule has 0 fully saturated rings. The molecule has 2 nitrogen and oxygen atoms in total. The Morgan fingerprint density at radius 1 is 1.29 bits per heavy atom. The summed E-state index contributed by atoms with van der Waals surface area (Å²) in [6.07, 6.45) is 5.81. The predicted octanol–water partition coefficient (Wildman–Crippen LogP) is 4.36. The van der Waals surface area contributed by atoms with Gasteiger partial charge in [0.2, 0.25) is 0 Å². The molecule has 1 aromatic carbocycles. The summed E-state index contributed by atoms with van der Waals surface area (Å²) in [6, 6.07) is 11.3. The summed E-state index contributed by atoms with van der Waals surface area (Å²) in [4.78, 5) is 1.48. The van der Waals surface area contributed by atoms with Crippen molar-refractivity contribution in [1.29, 1.82) is 0 Å². The third-order valence-corrected chi connectivity index (χ3v) is 5.12. The minimum Gasteiger partial charge on any atom is -0.493 e. The van der Waals surface area contributed by atoms with Crippen molar-refractivity contribution in [2.45, 2.75) is 38.1 Å². The smallest absolute Gasteiger partial charge is 0.127 e. The molecule has 1 atom stereocenters. The van der Waals surface area contributed by atoms with Gasteiger partial charge in [-0.1, -0.05) is 24.3 Å². The van der Waals surface area contributed by atoms with E-state index < -0.39 is 0 Å². The van der Waals surface area contributed by atoms with Crippen LogP contribution in [0, 0.1) is 0 Å². The maximum Gasteiger partial charge on any atom is 0.127 e. The average molecular weight is 301 g/mol.